The summed E-state index contributed by atoms with van der Waals surface area (Å²) in [5.41, 5.74) is 0.718. The van der Waals surface area contributed by atoms with Gasteiger partial charge in [0.1, 0.15) is 17.5 Å². The van der Waals surface area contributed by atoms with Gasteiger partial charge in [-0.25, -0.2) is 13.2 Å². The van der Waals surface area contributed by atoms with Crippen LogP contribution in [0.15, 0.2) is 41.3 Å². The lowest BCUT2D eigenvalue weighted by atomic mass is 10.0. The number of carbonyl (C=O) groups excluding carboxylic acids is 2. The number of morpholine rings is 1. The van der Waals surface area contributed by atoms with Crippen LogP contribution in [0.1, 0.15) is 19.4 Å². The quantitative estimate of drug-likeness (QED) is 0.235. The molecule has 3 rings (SSSR count). The van der Waals surface area contributed by atoms with Gasteiger partial charge in [0.15, 0.2) is 6.61 Å². The number of nitro benzene ring substituents is 1. The molecule has 2 N–H and O–H groups in total. The third kappa shape index (κ3) is 7.43. The molecule has 2 aromatic carbocycles. The zero-order chi connectivity index (χ0) is 28.7. The van der Waals surface area contributed by atoms with Crippen LogP contribution in [-0.4, -0.2) is 75.6 Å². The molecule has 0 aliphatic carbocycles. The number of sulfonamides is 1. The van der Waals surface area contributed by atoms with E-state index >= 15 is 0 Å². The minimum atomic E-state index is -3.97. The number of amides is 1. The second-order valence-electron chi connectivity index (χ2n) is 9.18. The monoisotopic (exact) mass is 564 g/mol. The highest BCUT2D eigenvalue weighted by molar-refractivity contribution is 7.89. The summed E-state index contributed by atoms with van der Waals surface area (Å²) in [6.45, 7) is 5.38. The van der Waals surface area contributed by atoms with Crippen LogP contribution in [0, 0.1) is 23.0 Å². The van der Waals surface area contributed by atoms with Crippen LogP contribution in [0.4, 0.5) is 17.1 Å². The number of ether oxygens (including phenoxy) is 3. The topological polar surface area (TPSA) is 166 Å². The van der Waals surface area contributed by atoms with Crippen LogP contribution >= 0.6 is 0 Å². The van der Waals surface area contributed by atoms with Crippen LogP contribution in [0.25, 0.3) is 0 Å². The Morgan fingerprint density at radius 1 is 1.13 bits per heavy atom. The fraction of sp³-hybridized carbons (Fsp3) is 0.440. The van der Waals surface area contributed by atoms with Crippen molar-refractivity contribution >= 4 is 39.0 Å². The van der Waals surface area contributed by atoms with E-state index in [9.17, 15) is 28.1 Å². The average Bonchev–Trinajstić information content (AvgIpc) is 2.90. The Kier molecular flexibility index (Phi) is 9.83. The van der Waals surface area contributed by atoms with Gasteiger partial charge in [-0.05, 0) is 42.7 Å². The highest BCUT2D eigenvalue weighted by atomic mass is 32.2. The molecule has 0 bridgehead atoms. The first-order chi connectivity index (χ1) is 18.4. The fourth-order valence-electron chi connectivity index (χ4n) is 3.88. The lowest BCUT2D eigenvalue weighted by Gasteiger charge is -2.26. The van der Waals surface area contributed by atoms with Crippen LogP contribution < -0.4 is 15.4 Å². The van der Waals surface area contributed by atoms with Gasteiger partial charge in [0, 0.05) is 19.2 Å². The maximum Gasteiger partial charge on any atom is 0.329 e. The van der Waals surface area contributed by atoms with Crippen LogP contribution in [0.2, 0.25) is 0 Å². The van der Waals surface area contributed by atoms with E-state index in [1.54, 1.807) is 26.0 Å². The Bertz CT molecular complexity index is 1320. The summed E-state index contributed by atoms with van der Waals surface area (Å²) >= 11 is 0. The number of rotatable bonds is 11. The Morgan fingerprint density at radius 3 is 2.44 bits per heavy atom. The molecular weight excluding hydrogens is 532 g/mol. The molecule has 1 atom stereocenters. The molecule has 2 aromatic rings. The number of hydrogen-bond donors (Lipinski definition) is 2. The van der Waals surface area contributed by atoms with Crippen molar-refractivity contribution in [1.29, 1.82) is 0 Å². The summed E-state index contributed by atoms with van der Waals surface area (Å²) in [5, 5.41) is 17.2. The number of nitrogens with zero attached hydrogens (tertiary/aromatic N) is 2. The molecule has 0 aromatic heterocycles. The van der Waals surface area contributed by atoms with Gasteiger partial charge in [0.05, 0.1) is 35.8 Å². The van der Waals surface area contributed by atoms with Gasteiger partial charge in [-0.3, -0.25) is 14.9 Å². The van der Waals surface area contributed by atoms with Gasteiger partial charge in [-0.1, -0.05) is 19.9 Å². The largest absolute Gasteiger partial charge is 0.495 e. The second kappa shape index (κ2) is 12.9. The Morgan fingerprint density at radius 2 is 1.82 bits per heavy atom. The van der Waals surface area contributed by atoms with Crippen molar-refractivity contribution in [2.75, 3.05) is 50.7 Å². The van der Waals surface area contributed by atoms with Gasteiger partial charge in [-0.15, -0.1) is 0 Å². The lowest BCUT2D eigenvalue weighted by molar-refractivity contribution is -0.384. The molecular formula is C25H32N4O9S. The van der Waals surface area contributed by atoms with Crippen molar-refractivity contribution in [3.05, 3.63) is 52.1 Å². The zero-order valence-corrected chi connectivity index (χ0v) is 22.9. The molecule has 1 saturated heterocycles. The molecule has 1 aliphatic rings. The number of hydrogen-bond acceptors (Lipinski definition) is 10. The average molecular weight is 565 g/mol. The molecule has 0 saturated carbocycles. The molecule has 14 heteroatoms. The van der Waals surface area contributed by atoms with E-state index in [1.165, 1.54) is 23.5 Å². The second-order valence-corrected chi connectivity index (χ2v) is 11.1. The summed E-state index contributed by atoms with van der Waals surface area (Å²) in [6.07, 6.45) is 0. The molecule has 0 radical (unpaired) electrons. The van der Waals surface area contributed by atoms with Gasteiger partial charge >= 0.3 is 5.97 Å². The molecule has 13 nitrogen and oxygen atoms in total. The number of nitrogens with one attached hydrogen (secondary N) is 2. The molecule has 212 valence electrons. The zero-order valence-electron chi connectivity index (χ0n) is 22.1. The number of anilines is 2. The van der Waals surface area contributed by atoms with E-state index < -0.39 is 51.1 Å². The van der Waals surface area contributed by atoms with Gasteiger partial charge in [-0.2, -0.15) is 4.31 Å². The lowest BCUT2D eigenvalue weighted by Crippen LogP contribution is -2.40. The molecule has 1 amide bonds. The van der Waals surface area contributed by atoms with E-state index in [-0.39, 0.29) is 36.9 Å². The summed E-state index contributed by atoms with van der Waals surface area (Å²) in [7, 11) is -2.51. The smallest absolute Gasteiger partial charge is 0.329 e. The summed E-state index contributed by atoms with van der Waals surface area (Å²) in [4.78, 5) is 36.1. The molecule has 1 fully saturated rings. The molecule has 0 spiro atoms. The number of methoxy groups -OCH3 is 1. The van der Waals surface area contributed by atoms with E-state index in [1.807, 2.05) is 13.0 Å². The third-order valence-corrected chi connectivity index (χ3v) is 7.87. The van der Waals surface area contributed by atoms with E-state index in [0.29, 0.717) is 11.4 Å². The first kappa shape index (κ1) is 29.8. The summed E-state index contributed by atoms with van der Waals surface area (Å²) in [6, 6.07) is 7.59. The normalized spacial score (nSPS) is 14.9. The van der Waals surface area contributed by atoms with E-state index in [0.717, 1.165) is 11.6 Å². The summed E-state index contributed by atoms with van der Waals surface area (Å²) in [5.74, 6) is -1.36. The van der Waals surface area contributed by atoms with Crippen molar-refractivity contribution in [2.24, 2.45) is 5.92 Å². The molecule has 39 heavy (non-hydrogen) atoms. The minimum Gasteiger partial charge on any atom is -0.495 e. The maximum absolute atomic E-state index is 13.0. The number of nitro groups is 1. The van der Waals surface area contributed by atoms with Crippen molar-refractivity contribution in [3.8, 4) is 5.75 Å². The van der Waals surface area contributed by atoms with Crippen LogP contribution in [0.3, 0.4) is 0 Å². The van der Waals surface area contributed by atoms with Crippen molar-refractivity contribution in [3.63, 3.8) is 0 Å². The van der Waals surface area contributed by atoms with Gasteiger partial charge in [0.25, 0.3) is 11.6 Å². The predicted molar refractivity (Wildman–Crippen MR) is 142 cm³/mol. The van der Waals surface area contributed by atoms with Crippen LogP contribution in [-0.2, 0) is 29.1 Å². The van der Waals surface area contributed by atoms with E-state index in [2.05, 4.69) is 10.6 Å². The first-order valence-electron chi connectivity index (χ1n) is 12.2. The molecule has 1 aliphatic heterocycles. The highest BCUT2D eigenvalue weighted by Gasteiger charge is 2.31. The van der Waals surface area contributed by atoms with Crippen molar-refractivity contribution < 1.29 is 37.1 Å². The van der Waals surface area contributed by atoms with Gasteiger partial charge < -0.3 is 24.8 Å². The SMILES string of the molecule is COc1ccc(C)cc1NC(=O)COC(=O)C(Nc1ccc(S(=O)(=O)N2CCOCC2)cc1[N+](=O)[O-])C(C)C. The first-order valence-corrected chi connectivity index (χ1v) is 13.6. The Labute approximate surface area is 226 Å². The van der Waals surface area contributed by atoms with Crippen LogP contribution in [0.5, 0.6) is 5.75 Å². The number of benzene rings is 2. The molecule has 1 unspecified atom stereocenters. The maximum atomic E-state index is 13.0. The predicted octanol–water partition coefficient (Wildman–Crippen LogP) is 2.55. The van der Waals surface area contributed by atoms with Crippen molar-refractivity contribution in [2.45, 2.75) is 31.7 Å². The number of carbonyl (C=O) groups is 2. The fourth-order valence-corrected chi connectivity index (χ4v) is 5.31. The third-order valence-electron chi connectivity index (χ3n) is 5.98. The Hall–Kier alpha value is -3.75. The van der Waals surface area contributed by atoms with E-state index in [4.69, 9.17) is 14.2 Å². The van der Waals surface area contributed by atoms with Gasteiger partial charge in [0.2, 0.25) is 10.0 Å². The standard InChI is InChI=1S/C25H32N4O9S/c1-16(2)24(25(31)38-15-23(30)26-20-13-17(3)5-8-22(20)36-4)27-19-7-6-18(14-21(19)29(32)33)39(34,35)28-9-11-37-12-10-28/h5-8,13-14,16,24,27H,9-12,15H2,1-4H3,(H,26,30). The Balaban J connectivity index is 1.73. The number of aryl methyl sites for hydroxylation is 1. The number of esters is 1. The van der Waals surface area contributed by atoms with Crippen molar-refractivity contribution in [1.82, 2.24) is 4.31 Å². The summed E-state index contributed by atoms with van der Waals surface area (Å²) < 4.78 is 42.7. The molecule has 1 heterocycles. The minimum absolute atomic E-state index is 0.0643. The highest BCUT2D eigenvalue weighted by Crippen LogP contribution is 2.31.